The number of rotatable bonds is 6. The van der Waals surface area contributed by atoms with Crippen molar-refractivity contribution >= 4 is 23.2 Å². The normalized spacial score (nSPS) is 16.9. The summed E-state index contributed by atoms with van der Waals surface area (Å²) >= 11 is 12.0. The zero-order valence-electron chi connectivity index (χ0n) is 9.88. The standard InChI is InChI=1S/C13H17Cl2NO/c1-16-7-6-12(9-2-3-9)17-13-8-10(14)4-5-11(13)15/h4-5,8-9,12,16H,2-3,6-7H2,1H3. The van der Waals surface area contributed by atoms with Gasteiger partial charge < -0.3 is 10.1 Å². The number of ether oxygens (including phenoxy) is 1. The van der Waals surface area contributed by atoms with Gasteiger partial charge in [0.25, 0.3) is 0 Å². The molecule has 0 spiro atoms. The van der Waals surface area contributed by atoms with Gasteiger partial charge in [-0.1, -0.05) is 23.2 Å². The van der Waals surface area contributed by atoms with Crippen molar-refractivity contribution in [3.8, 4) is 5.75 Å². The van der Waals surface area contributed by atoms with Crippen LogP contribution in [-0.2, 0) is 0 Å². The molecule has 1 fully saturated rings. The van der Waals surface area contributed by atoms with E-state index in [4.69, 9.17) is 27.9 Å². The largest absolute Gasteiger partial charge is 0.488 e. The Balaban J connectivity index is 2.03. The predicted octanol–water partition coefficient (Wildman–Crippen LogP) is 3.76. The number of hydrogen-bond acceptors (Lipinski definition) is 2. The maximum atomic E-state index is 6.10. The lowest BCUT2D eigenvalue weighted by Crippen LogP contribution is -2.24. The van der Waals surface area contributed by atoms with Crippen molar-refractivity contribution in [1.82, 2.24) is 5.32 Å². The summed E-state index contributed by atoms with van der Waals surface area (Å²) in [7, 11) is 1.95. The SMILES string of the molecule is CNCCC(Oc1cc(Cl)ccc1Cl)C1CC1. The van der Waals surface area contributed by atoms with Gasteiger partial charge in [0.1, 0.15) is 11.9 Å². The second kappa shape index (κ2) is 5.94. The fraction of sp³-hybridized carbons (Fsp3) is 0.538. The molecular formula is C13H17Cl2NO. The summed E-state index contributed by atoms with van der Waals surface area (Å²) in [5, 5.41) is 4.44. The van der Waals surface area contributed by atoms with Crippen molar-refractivity contribution in [1.29, 1.82) is 0 Å². The van der Waals surface area contributed by atoms with Crippen molar-refractivity contribution < 1.29 is 4.74 Å². The van der Waals surface area contributed by atoms with E-state index in [1.807, 2.05) is 7.05 Å². The third kappa shape index (κ3) is 3.77. The number of nitrogens with one attached hydrogen (secondary N) is 1. The summed E-state index contributed by atoms with van der Waals surface area (Å²) in [5.41, 5.74) is 0. The molecule has 4 heteroatoms. The highest BCUT2D eigenvalue weighted by Gasteiger charge is 2.32. The van der Waals surface area contributed by atoms with Crippen molar-refractivity contribution in [2.75, 3.05) is 13.6 Å². The van der Waals surface area contributed by atoms with E-state index in [0.717, 1.165) is 13.0 Å². The smallest absolute Gasteiger partial charge is 0.139 e. The van der Waals surface area contributed by atoms with Gasteiger partial charge >= 0.3 is 0 Å². The minimum atomic E-state index is 0.249. The van der Waals surface area contributed by atoms with Crippen LogP contribution >= 0.6 is 23.2 Å². The summed E-state index contributed by atoms with van der Waals surface area (Å²) in [4.78, 5) is 0. The first kappa shape index (κ1) is 13.0. The van der Waals surface area contributed by atoms with Crippen LogP contribution in [0.5, 0.6) is 5.75 Å². The molecule has 0 saturated heterocycles. The van der Waals surface area contributed by atoms with E-state index in [0.29, 0.717) is 21.7 Å². The lowest BCUT2D eigenvalue weighted by atomic mass is 10.1. The third-order valence-corrected chi connectivity index (χ3v) is 3.55. The van der Waals surface area contributed by atoms with Crippen LogP contribution in [0.4, 0.5) is 0 Å². The average Bonchev–Trinajstić information content (AvgIpc) is 3.13. The summed E-state index contributed by atoms with van der Waals surface area (Å²) < 4.78 is 6.00. The van der Waals surface area contributed by atoms with E-state index < -0.39 is 0 Å². The van der Waals surface area contributed by atoms with Crippen LogP contribution < -0.4 is 10.1 Å². The highest BCUT2D eigenvalue weighted by molar-refractivity contribution is 6.34. The molecule has 1 aromatic rings. The lowest BCUT2D eigenvalue weighted by molar-refractivity contribution is 0.168. The van der Waals surface area contributed by atoms with E-state index in [2.05, 4.69) is 5.32 Å². The lowest BCUT2D eigenvalue weighted by Gasteiger charge is -2.19. The molecule has 2 rings (SSSR count). The van der Waals surface area contributed by atoms with Gasteiger partial charge in [0.15, 0.2) is 0 Å². The molecule has 0 radical (unpaired) electrons. The quantitative estimate of drug-likeness (QED) is 0.852. The molecule has 1 aliphatic carbocycles. The molecule has 0 bridgehead atoms. The van der Waals surface area contributed by atoms with Crippen molar-refractivity contribution in [2.45, 2.75) is 25.4 Å². The Bertz CT molecular complexity index is 380. The number of hydrogen-bond donors (Lipinski definition) is 1. The Hall–Kier alpha value is -0.440. The molecular weight excluding hydrogens is 257 g/mol. The molecule has 0 heterocycles. The molecule has 1 unspecified atom stereocenters. The van der Waals surface area contributed by atoms with Crippen LogP contribution in [0.15, 0.2) is 18.2 Å². The summed E-state index contributed by atoms with van der Waals surface area (Å²) in [6.07, 6.45) is 3.77. The first-order chi connectivity index (χ1) is 8.20. The Morgan fingerprint density at radius 2 is 2.18 bits per heavy atom. The van der Waals surface area contributed by atoms with E-state index >= 15 is 0 Å². The van der Waals surface area contributed by atoms with E-state index in [9.17, 15) is 0 Å². The molecule has 1 N–H and O–H groups in total. The van der Waals surface area contributed by atoms with Crippen molar-refractivity contribution in [3.05, 3.63) is 28.2 Å². The minimum absolute atomic E-state index is 0.249. The summed E-state index contributed by atoms with van der Waals surface area (Å²) in [6.45, 7) is 0.958. The van der Waals surface area contributed by atoms with E-state index in [1.54, 1.807) is 18.2 Å². The first-order valence-corrected chi connectivity index (χ1v) is 6.72. The number of benzene rings is 1. The Morgan fingerprint density at radius 1 is 1.41 bits per heavy atom. The van der Waals surface area contributed by atoms with Gasteiger partial charge in [-0.2, -0.15) is 0 Å². The summed E-state index contributed by atoms with van der Waals surface area (Å²) in [5.74, 6) is 1.38. The van der Waals surface area contributed by atoms with Gasteiger partial charge in [0.05, 0.1) is 5.02 Å². The minimum Gasteiger partial charge on any atom is -0.488 e. The molecule has 0 amide bonds. The van der Waals surface area contributed by atoms with Crippen LogP contribution in [0.2, 0.25) is 10.0 Å². The molecule has 1 aromatic carbocycles. The number of halogens is 2. The second-order valence-corrected chi connectivity index (χ2v) is 5.30. The van der Waals surface area contributed by atoms with E-state index in [1.165, 1.54) is 12.8 Å². The Morgan fingerprint density at radius 3 is 2.82 bits per heavy atom. The van der Waals surface area contributed by atoms with Gasteiger partial charge in [-0.25, -0.2) is 0 Å². The fourth-order valence-corrected chi connectivity index (χ4v) is 2.20. The third-order valence-electron chi connectivity index (χ3n) is 3.00. The topological polar surface area (TPSA) is 21.3 Å². The maximum absolute atomic E-state index is 6.10. The van der Waals surface area contributed by atoms with Crippen LogP contribution in [0.25, 0.3) is 0 Å². The molecule has 1 saturated carbocycles. The van der Waals surface area contributed by atoms with Crippen LogP contribution in [-0.4, -0.2) is 19.7 Å². The molecule has 2 nitrogen and oxygen atoms in total. The van der Waals surface area contributed by atoms with Gasteiger partial charge in [-0.3, -0.25) is 0 Å². The van der Waals surface area contributed by atoms with Gasteiger partial charge in [-0.05, 0) is 50.9 Å². The Kier molecular flexibility index (Phi) is 4.55. The average molecular weight is 274 g/mol. The molecule has 94 valence electrons. The van der Waals surface area contributed by atoms with Crippen molar-refractivity contribution in [3.63, 3.8) is 0 Å². The van der Waals surface area contributed by atoms with Crippen LogP contribution in [0, 0.1) is 5.92 Å². The van der Waals surface area contributed by atoms with Gasteiger partial charge in [0, 0.05) is 11.1 Å². The molecule has 1 atom stereocenters. The highest BCUT2D eigenvalue weighted by atomic mass is 35.5. The molecule has 17 heavy (non-hydrogen) atoms. The predicted molar refractivity (Wildman–Crippen MR) is 72.1 cm³/mol. The van der Waals surface area contributed by atoms with Crippen LogP contribution in [0.3, 0.4) is 0 Å². The first-order valence-electron chi connectivity index (χ1n) is 5.97. The summed E-state index contributed by atoms with van der Waals surface area (Å²) in [6, 6.07) is 5.34. The maximum Gasteiger partial charge on any atom is 0.139 e. The molecule has 0 aliphatic heterocycles. The zero-order chi connectivity index (χ0) is 12.3. The van der Waals surface area contributed by atoms with Crippen LogP contribution in [0.1, 0.15) is 19.3 Å². The van der Waals surface area contributed by atoms with E-state index in [-0.39, 0.29) is 6.10 Å². The molecule has 1 aliphatic rings. The second-order valence-electron chi connectivity index (χ2n) is 4.46. The van der Waals surface area contributed by atoms with Gasteiger partial charge in [0.2, 0.25) is 0 Å². The van der Waals surface area contributed by atoms with Gasteiger partial charge in [-0.15, -0.1) is 0 Å². The molecule has 0 aromatic heterocycles. The zero-order valence-corrected chi connectivity index (χ0v) is 11.4. The monoisotopic (exact) mass is 273 g/mol. The fourth-order valence-electron chi connectivity index (χ4n) is 1.88. The highest BCUT2D eigenvalue weighted by Crippen LogP contribution is 2.38. The van der Waals surface area contributed by atoms with Crippen molar-refractivity contribution in [2.24, 2.45) is 5.92 Å². The Labute approximate surface area is 112 Å².